The average molecular weight is 354 g/mol. The van der Waals surface area contributed by atoms with Crippen LogP contribution >= 0.6 is 0 Å². The van der Waals surface area contributed by atoms with E-state index in [1.54, 1.807) is 6.20 Å². The summed E-state index contributed by atoms with van der Waals surface area (Å²) in [5, 5.41) is 0. The summed E-state index contributed by atoms with van der Waals surface area (Å²) in [4.78, 5) is 22.9. The average Bonchev–Trinajstić information content (AvgIpc) is 2.74. The Bertz CT molecular complexity index is 659. The topological polar surface area (TPSA) is 82.1 Å². The maximum atomic E-state index is 4.78. The van der Waals surface area contributed by atoms with Gasteiger partial charge in [0.25, 0.3) is 0 Å². The van der Waals surface area contributed by atoms with Crippen LogP contribution in [0.5, 0.6) is 0 Å². The molecule has 0 aliphatic carbocycles. The van der Waals surface area contributed by atoms with Crippen LogP contribution in [0.3, 0.4) is 0 Å². The zero-order chi connectivity index (χ0) is 17.6. The fourth-order valence-electron chi connectivity index (χ4n) is 3.44. The Morgan fingerprint density at radius 3 is 1.85 bits per heavy atom. The number of pyridine rings is 1. The van der Waals surface area contributed by atoms with Crippen molar-refractivity contribution in [3.8, 4) is 0 Å². The Labute approximate surface area is 154 Å². The zero-order valence-electron chi connectivity index (χ0n) is 15.1. The highest BCUT2D eigenvalue weighted by atomic mass is 15.5. The zero-order valence-corrected chi connectivity index (χ0v) is 15.1. The van der Waals surface area contributed by atoms with Crippen LogP contribution in [0.4, 0.5) is 23.7 Å². The first-order valence-corrected chi connectivity index (χ1v) is 9.57. The van der Waals surface area contributed by atoms with E-state index >= 15 is 0 Å². The fraction of sp³-hybridized carbons (Fsp3) is 0.556. The largest absolute Gasteiger partial charge is 0.341 e. The van der Waals surface area contributed by atoms with Crippen LogP contribution in [-0.2, 0) is 0 Å². The van der Waals surface area contributed by atoms with Crippen LogP contribution in [0.15, 0.2) is 24.4 Å². The smallest absolute Gasteiger partial charge is 0.248 e. The standard InChI is InChI=1S/C18H26N8/c1-5-11-25(12-6-1)17-20-16(24-23-15-9-3-4-10-19-15)21-18(22-17)26-13-7-2-8-14-26/h3-4,9-10H,1-2,5-8,11-14H2,(H,19,23)(H,20,21,22,24). The van der Waals surface area contributed by atoms with Gasteiger partial charge in [-0.3, -0.25) is 10.9 Å². The first-order chi connectivity index (χ1) is 12.9. The van der Waals surface area contributed by atoms with Crippen molar-refractivity contribution in [3.05, 3.63) is 24.4 Å². The minimum Gasteiger partial charge on any atom is -0.341 e. The maximum Gasteiger partial charge on any atom is 0.248 e. The third kappa shape index (κ3) is 4.12. The van der Waals surface area contributed by atoms with Crippen LogP contribution in [0.25, 0.3) is 0 Å². The number of anilines is 4. The number of hydrazine groups is 1. The normalized spacial score (nSPS) is 17.8. The van der Waals surface area contributed by atoms with Crippen LogP contribution in [0, 0.1) is 0 Å². The monoisotopic (exact) mass is 354 g/mol. The third-order valence-electron chi connectivity index (χ3n) is 4.86. The van der Waals surface area contributed by atoms with E-state index in [1.807, 2.05) is 18.2 Å². The predicted octanol–water partition coefficient (Wildman–Crippen LogP) is 2.69. The summed E-state index contributed by atoms with van der Waals surface area (Å²) in [6.07, 6.45) is 9.09. The molecule has 2 aromatic rings. The second-order valence-electron chi connectivity index (χ2n) is 6.82. The molecule has 4 rings (SSSR count). The number of nitrogens with zero attached hydrogens (tertiary/aromatic N) is 6. The molecule has 0 unspecified atom stereocenters. The predicted molar refractivity (Wildman–Crippen MR) is 103 cm³/mol. The van der Waals surface area contributed by atoms with Gasteiger partial charge in [-0.1, -0.05) is 6.07 Å². The van der Waals surface area contributed by atoms with Crippen LogP contribution in [0.2, 0.25) is 0 Å². The molecule has 0 amide bonds. The van der Waals surface area contributed by atoms with E-state index in [4.69, 9.17) is 4.98 Å². The highest BCUT2D eigenvalue weighted by Gasteiger charge is 2.20. The van der Waals surface area contributed by atoms with Gasteiger partial charge >= 0.3 is 0 Å². The molecule has 2 N–H and O–H groups in total. The molecule has 8 heteroatoms. The molecule has 138 valence electrons. The Kier molecular flexibility index (Phi) is 5.27. The molecule has 0 saturated carbocycles. The summed E-state index contributed by atoms with van der Waals surface area (Å²) >= 11 is 0. The van der Waals surface area contributed by atoms with Crippen LogP contribution < -0.4 is 20.7 Å². The molecule has 4 heterocycles. The summed E-state index contributed by atoms with van der Waals surface area (Å²) in [5.41, 5.74) is 6.16. The van der Waals surface area contributed by atoms with E-state index in [0.717, 1.165) is 43.9 Å². The van der Waals surface area contributed by atoms with E-state index in [0.29, 0.717) is 5.95 Å². The molecule has 2 aromatic heterocycles. The van der Waals surface area contributed by atoms with Gasteiger partial charge in [0.15, 0.2) is 0 Å². The molecule has 8 nitrogen and oxygen atoms in total. The van der Waals surface area contributed by atoms with E-state index < -0.39 is 0 Å². The number of hydrogen-bond donors (Lipinski definition) is 2. The van der Waals surface area contributed by atoms with E-state index in [1.165, 1.54) is 38.5 Å². The first kappa shape index (κ1) is 16.8. The van der Waals surface area contributed by atoms with Crippen molar-refractivity contribution < 1.29 is 0 Å². The SMILES string of the molecule is c1ccc(NNc2nc(N3CCCCC3)nc(N3CCCCC3)n2)nc1. The van der Waals surface area contributed by atoms with Gasteiger partial charge in [0.05, 0.1) is 0 Å². The second kappa shape index (κ2) is 8.16. The Morgan fingerprint density at radius 1 is 0.692 bits per heavy atom. The van der Waals surface area contributed by atoms with Crippen molar-refractivity contribution in [1.82, 2.24) is 19.9 Å². The van der Waals surface area contributed by atoms with E-state index in [9.17, 15) is 0 Å². The number of aromatic nitrogens is 4. The molecule has 0 spiro atoms. The summed E-state index contributed by atoms with van der Waals surface area (Å²) in [7, 11) is 0. The molecule has 0 radical (unpaired) electrons. The number of nitrogens with one attached hydrogen (secondary N) is 2. The van der Waals surface area contributed by atoms with Gasteiger partial charge in [0.1, 0.15) is 5.82 Å². The van der Waals surface area contributed by atoms with Crippen molar-refractivity contribution in [2.45, 2.75) is 38.5 Å². The van der Waals surface area contributed by atoms with Crippen molar-refractivity contribution in [2.24, 2.45) is 0 Å². The molecule has 2 aliphatic heterocycles. The van der Waals surface area contributed by atoms with Crippen molar-refractivity contribution >= 4 is 23.7 Å². The fourth-order valence-corrected chi connectivity index (χ4v) is 3.44. The van der Waals surface area contributed by atoms with Crippen molar-refractivity contribution in [3.63, 3.8) is 0 Å². The molecule has 0 bridgehead atoms. The quantitative estimate of drug-likeness (QED) is 0.793. The lowest BCUT2D eigenvalue weighted by Gasteiger charge is -2.30. The van der Waals surface area contributed by atoms with Gasteiger partial charge < -0.3 is 9.80 Å². The van der Waals surface area contributed by atoms with Crippen LogP contribution in [0.1, 0.15) is 38.5 Å². The number of rotatable bonds is 5. The minimum absolute atomic E-state index is 0.534. The lowest BCUT2D eigenvalue weighted by molar-refractivity contribution is 0.556. The molecule has 0 atom stereocenters. The van der Waals surface area contributed by atoms with Gasteiger partial charge in [-0.15, -0.1) is 0 Å². The number of piperidine rings is 2. The Balaban J connectivity index is 1.56. The van der Waals surface area contributed by atoms with Crippen LogP contribution in [-0.4, -0.2) is 46.1 Å². The molecule has 2 saturated heterocycles. The number of hydrogen-bond acceptors (Lipinski definition) is 8. The van der Waals surface area contributed by atoms with Crippen molar-refractivity contribution in [2.75, 3.05) is 46.8 Å². The van der Waals surface area contributed by atoms with Gasteiger partial charge in [-0.25, -0.2) is 4.98 Å². The van der Waals surface area contributed by atoms with Gasteiger partial charge in [-0.2, -0.15) is 15.0 Å². The molecule has 0 aromatic carbocycles. The summed E-state index contributed by atoms with van der Waals surface area (Å²) < 4.78 is 0. The highest BCUT2D eigenvalue weighted by molar-refractivity contribution is 5.48. The summed E-state index contributed by atoms with van der Waals surface area (Å²) in [5.74, 6) is 2.80. The Morgan fingerprint density at radius 2 is 1.31 bits per heavy atom. The first-order valence-electron chi connectivity index (χ1n) is 9.57. The molecular formula is C18H26N8. The van der Waals surface area contributed by atoms with E-state index in [-0.39, 0.29) is 0 Å². The lowest BCUT2D eigenvalue weighted by Crippen LogP contribution is -2.34. The highest BCUT2D eigenvalue weighted by Crippen LogP contribution is 2.22. The molecular weight excluding hydrogens is 328 g/mol. The van der Waals surface area contributed by atoms with Gasteiger partial charge in [0.2, 0.25) is 17.8 Å². The Hall–Kier alpha value is -2.64. The van der Waals surface area contributed by atoms with Crippen molar-refractivity contribution in [1.29, 1.82) is 0 Å². The molecule has 26 heavy (non-hydrogen) atoms. The third-order valence-corrected chi connectivity index (χ3v) is 4.86. The summed E-state index contributed by atoms with van der Waals surface area (Å²) in [6, 6.07) is 5.71. The summed E-state index contributed by atoms with van der Waals surface area (Å²) in [6.45, 7) is 4.04. The van der Waals surface area contributed by atoms with Gasteiger partial charge in [-0.05, 0) is 50.7 Å². The molecule has 2 fully saturated rings. The molecule has 2 aliphatic rings. The van der Waals surface area contributed by atoms with E-state index in [2.05, 4.69) is 35.6 Å². The minimum atomic E-state index is 0.534. The van der Waals surface area contributed by atoms with Gasteiger partial charge in [0, 0.05) is 32.4 Å². The second-order valence-corrected chi connectivity index (χ2v) is 6.82. The lowest BCUT2D eigenvalue weighted by atomic mass is 10.1. The maximum absolute atomic E-state index is 4.78.